The average Bonchev–Trinajstić information content (AvgIpc) is 2.38. The van der Waals surface area contributed by atoms with Crippen LogP contribution in [0.2, 0.25) is 0 Å². The van der Waals surface area contributed by atoms with Crippen LogP contribution in [0.3, 0.4) is 0 Å². The maximum absolute atomic E-state index is 4.53. The molecule has 0 aliphatic rings. The molecule has 0 bridgehead atoms. The number of hydrogen-bond acceptors (Lipinski definition) is 2. The van der Waals surface area contributed by atoms with E-state index in [0.717, 1.165) is 16.9 Å². The number of benzene rings is 2. The first-order valence-electron chi connectivity index (χ1n) is 5.63. The molecule has 2 aromatic rings. The Morgan fingerprint density at radius 3 is 2.24 bits per heavy atom. The molecule has 0 heterocycles. The second-order valence-corrected chi connectivity index (χ2v) is 4.05. The van der Waals surface area contributed by atoms with Gasteiger partial charge in [0.25, 0.3) is 0 Å². The quantitative estimate of drug-likeness (QED) is 0.728. The molecule has 0 aromatic heterocycles. The Kier molecular flexibility index (Phi) is 3.55. The molecule has 86 valence electrons. The zero-order chi connectivity index (χ0) is 12.1. The molecule has 0 aliphatic heterocycles. The van der Waals surface area contributed by atoms with Crippen molar-refractivity contribution in [3.05, 3.63) is 60.2 Å². The van der Waals surface area contributed by atoms with Crippen molar-refractivity contribution in [3.8, 4) is 0 Å². The van der Waals surface area contributed by atoms with Crippen LogP contribution < -0.4 is 4.90 Å². The molecule has 2 aromatic carbocycles. The lowest BCUT2D eigenvalue weighted by Crippen LogP contribution is -2.08. The highest BCUT2D eigenvalue weighted by Gasteiger charge is 2.00. The number of rotatable bonds is 3. The van der Waals surface area contributed by atoms with Gasteiger partial charge in [0, 0.05) is 20.3 Å². The molecule has 0 radical (unpaired) electrons. The second-order valence-electron chi connectivity index (χ2n) is 4.05. The Morgan fingerprint density at radius 2 is 1.53 bits per heavy atom. The normalized spacial score (nSPS) is 10.7. The molecule has 0 atom stereocenters. The first kappa shape index (κ1) is 11.4. The lowest BCUT2D eigenvalue weighted by atomic mass is 10.2. The molecule has 0 unspecified atom stereocenters. The highest BCUT2D eigenvalue weighted by atomic mass is 15.1. The molecule has 0 saturated heterocycles. The first-order chi connectivity index (χ1) is 8.27. The van der Waals surface area contributed by atoms with Crippen LogP contribution in [-0.2, 0) is 0 Å². The van der Waals surface area contributed by atoms with Crippen molar-refractivity contribution >= 4 is 17.6 Å². The van der Waals surface area contributed by atoms with E-state index < -0.39 is 0 Å². The molecule has 2 rings (SSSR count). The molecule has 2 heteroatoms. The van der Waals surface area contributed by atoms with Gasteiger partial charge in [-0.05, 0) is 17.7 Å². The highest BCUT2D eigenvalue weighted by Crippen LogP contribution is 2.26. The average molecular weight is 224 g/mol. The fourth-order valence-corrected chi connectivity index (χ4v) is 1.63. The van der Waals surface area contributed by atoms with E-state index in [0.29, 0.717) is 0 Å². The Bertz CT molecular complexity index is 501. The van der Waals surface area contributed by atoms with E-state index in [1.807, 2.05) is 68.8 Å². The lowest BCUT2D eigenvalue weighted by Gasteiger charge is -2.14. The van der Waals surface area contributed by atoms with Crippen molar-refractivity contribution in [1.29, 1.82) is 0 Å². The second kappa shape index (κ2) is 5.30. The summed E-state index contributed by atoms with van der Waals surface area (Å²) in [4.78, 5) is 6.60. The van der Waals surface area contributed by atoms with Gasteiger partial charge in [0.05, 0.1) is 11.4 Å². The van der Waals surface area contributed by atoms with Gasteiger partial charge in [-0.3, -0.25) is 4.99 Å². The molecule has 0 N–H and O–H groups in total. The highest BCUT2D eigenvalue weighted by molar-refractivity contribution is 5.84. The van der Waals surface area contributed by atoms with Crippen molar-refractivity contribution in [2.24, 2.45) is 4.99 Å². The van der Waals surface area contributed by atoms with Crippen LogP contribution in [-0.4, -0.2) is 20.3 Å². The Labute approximate surface area is 102 Å². The fraction of sp³-hybridized carbons (Fsp3) is 0.133. The Balaban J connectivity index is 2.27. The molecule has 17 heavy (non-hydrogen) atoms. The van der Waals surface area contributed by atoms with Gasteiger partial charge in [-0.25, -0.2) is 0 Å². The predicted octanol–water partition coefficient (Wildman–Crippen LogP) is 3.50. The van der Waals surface area contributed by atoms with Gasteiger partial charge in [-0.2, -0.15) is 0 Å². The maximum Gasteiger partial charge on any atom is 0.0863 e. The Morgan fingerprint density at radius 1 is 0.882 bits per heavy atom. The van der Waals surface area contributed by atoms with Crippen molar-refractivity contribution in [3.63, 3.8) is 0 Å². The zero-order valence-corrected chi connectivity index (χ0v) is 10.2. The summed E-state index contributed by atoms with van der Waals surface area (Å²) in [5, 5.41) is 0. The largest absolute Gasteiger partial charge is 0.376 e. The van der Waals surface area contributed by atoms with Crippen LogP contribution in [0, 0.1) is 0 Å². The van der Waals surface area contributed by atoms with E-state index in [4.69, 9.17) is 0 Å². The van der Waals surface area contributed by atoms with E-state index in [9.17, 15) is 0 Å². The van der Waals surface area contributed by atoms with Gasteiger partial charge in [-0.1, -0.05) is 42.5 Å². The van der Waals surface area contributed by atoms with Crippen LogP contribution in [0.15, 0.2) is 59.6 Å². The number of hydrogen-bond donors (Lipinski definition) is 0. The summed E-state index contributed by atoms with van der Waals surface area (Å²) < 4.78 is 0. The molecule has 0 fully saturated rings. The smallest absolute Gasteiger partial charge is 0.0863 e. The molecule has 0 aliphatic carbocycles. The summed E-state index contributed by atoms with van der Waals surface area (Å²) in [6.45, 7) is 0. The third kappa shape index (κ3) is 2.94. The molecule has 0 saturated carbocycles. The van der Waals surface area contributed by atoms with Gasteiger partial charge in [0.1, 0.15) is 0 Å². The van der Waals surface area contributed by atoms with Crippen LogP contribution >= 0.6 is 0 Å². The minimum atomic E-state index is 0.987. The number of nitrogens with zero attached hydrogens (tertiary/aromatic N) is 2. The minimum absolute atomic E-state index is 0.987. The van der Waals surface area contributed by atoms with Crippen molar-refractivity contribution < 1.29 is 0 Å². The molecular weight excluding hydrogens is 208 g/mol. The van der Waals surface area contributed by atoms with E-state index in [1.165, 1.54) is 0 Å². The summed E-state index contributed by atoms with van der Waals surface area (Å²) >= 11 is 0. The standard InChI is InChI=1S/C15H16N2/c1-17(2)15-11-7-6-10-14(15)16-12-13-8-4-3-5-9-13/h3-12H,1-2H3. The molecule has 0 spiro atoms. The van der Waals surface area contributed by atoms with Gasteiger partial charge in [-0.15, -0.1) is 0 Å². The molecule has 2 nitrogen and oxygen atoms in total. The van der Waals surface area contributed by atoms with E-state index in [-0.39, 0.29) is 0 Å². The van der Waals surface area contributed by atoms with Gasteiger partial charge in [0.2, 0.25) is 0 Å². The predicted molar refractivity (Wildman–Crippen MR) is 74.5 cm³/mol. The number of aliphatic imine (C=N–C) groups is 1. The van der Waals surface area contributed by atoms with Gasteiger partial charge in [0.15, 0.2) is 0 Å². The third-order valence-electron chi connectivity index (χ3n) is 2.52. The lowest BCUT2D eigenvalue weighted by molar-refractivity contribution is 1.13. The van der Waals surface area contributed by atoms with Gasteiger partial charge >= 0.3 is 0 Å². The maximum atomic E-state index is 4.53. The summed E-state index contributed by atoms with van der Waals surface area (Å²) in [6, 6.07) is 18.2. The van der Waals surface area contributed by atoms with E-state index >= 15 is 0 Å². The van der Waals surface area contributed by atoms with Crippen molar-refractivity contribution in [2.45, 2.75) is 0 Å². The number of anilines is 1. The van der Waals surface area contributed by atoms with Crippen molar-refractivity contribution in [1.82, 2.24) is 0 Å². The Hall–Kier alpha value is -2.09. The number of para-hydroxylation sites is 2. The van der Waals surface area contributed by atoms with E-state index in [1.54, 1.807) is 0 Å². The van der Waals surface area contributed by atoms with Gasteiger partial charge < -0.3 is 4.90 Å². The minimum Gasteiger partial charge on any atom is -0.376 e. The van der Waals surface area contributed by atoms with E-state index in [2.05, 4.69) is 16.0 Å². The zero-order valence-electron chi connectivity index (χ0n) is 10.2. The fourth-order valence-electron chi connectivity index (χ4n) is 1.63. The summed E-state index contributed by atoms with van der Waals surface area (Å²) in [7, 11) is 4.05. The van der Waals surface area contributed by atoms with Crippen LogP contribution in [0.25, 0.3) is 0 Å². The topological polar surface area (TPSA) is 15.6 Å². The van der Waals surface area contributed by atoms with Crippen LogP contribution in [0.5, 0.6) is 0 Å². The monoisotopic (exact) mass is 224 g/mol. The SMILES string of the molecule is CN(C)c1ccccc1N=Cc1ccccc1. The van der Waals surface area contributed by atoms with Crippen molar-refractivity contribution in [2.75, 3.05) is 19.0 Å². The first-order valence-corrected chi connectivity index (χ1v) is 5.63. The third-order valence-corrected chi connectivity index (χ3v) is 2.52. The van der Waals surface area contributed by atoms with Crippen LogP contribution in [0.4, 0.5) is 11.4 Å². The van der Waals surface area contributed by atoms with Crippen LogP contribution in [0.1, 0.15) is 5.56 Å². The summed E-state index contributed by atoms with van der Waals surface area (Å²) in [5.74, 6) is 0. The summed E-state index contributed by atoms with van der Waals surface area (Å²) in [5.41, 5.74) is 3.22. The molecular formula is C15H16N2. The summed E-state index contributed by atoms with van der Waals surface area (Å²) in [6.07, 6.45) is 1.89. The molecule has 0 amide bonds.